The van der Waals surface area contributed by atoms with E-state index >= 15 is 0 Å². The molecule has 1 unspecified atom stereocenters. The molecule has 0 bridgehead atoms. The molecule has 0 saturated carbocycles. The molecule has 1 aromatic heterocycles. The molecule has 1 aliphatic rings. The predicted octanol–water partition coefficient (Wildman–Crippen LogP) is 5.26. The summed E-state index contributed by atoms with van der Waals surface area (Å²) in [5.41, 5.74) is 0.743. The first-order valence-electron chi connectivity index (χ1n) is 12.9. The maximum atomic E-state index is 14.0. The molecule has 3 aromatic rings. The Kier molecular flexibility index (Phi) is 9.41. The van der Waals surface area contributed by atoms with Gasteiger partial charge >= 0.3 is 0 Å². The molecule has 2 aromatic carbocycles. The fraction of sp³-hybridized carbons (Fsp3) is 0.483. The van der Waals surface area contributed by atoms with Gasteiger partial charge in [0.2, 0.25) is 0 Å². The SMILES string of the molecule is COc1ccc(CN2CCCC(COc3ccccc3F)(OC)CC2)cc1OCCCn1ccnc1C. The molecule has 0 amide bonds. The second kappa shape index (κ2) is 12.9. The van der Waals surface area contributed by atoms with Crippen molar-refractivity contribution in [1.82, 2.24) is 14.5 Å². The van der Waals surface area contributed by atoms with Gasteiger partial charge in [-0.15, -0.1) is 0 Å². The summed E-state index contributed by atoms with van der Waals surface area (Å²) in [5.74, 6) is 2.43. The zero-order valence-corrected chi connectivity index (χ0v) is 22.1. The molecule has 1 aliphatic heterocycles. The van der Waals surface area contributed by atoms with Crippen molar-refractivity contribution in [2.45, 2.75) is 51.3 Å². The molecule has 1 atom stereocenters. The van der Waals surface area contributed by atoms with Crippen LogP contribution in [0.2, 0.25) is 0 Å². The van der Waals surface area contributed by atoms with Crippen LogP contribution < -0.4 is 14.2 Å². The Labute approximate surface area is 219 Å². The summed E-state index contributed by atoms with van der Waals surface area (Å²) in [5, 5.41) is 0. The number of benzene rings is 2. The number of hydrogen-bond donors (Lipinski definition) is 0. The van der Waals surface area contributed by atoms with Crippen molar-refractivity contribution >= 4 is 0 Å². The smallest absolute Gasteiger partial charge is 0.165 e. The maximum absolute atomic E-state index is 14.0. The van der Waals surface area contributed by atoms with E-state index in [9.17, 15) is 4.39 Å². The van der Waals surface area contributed by atoms with Crippen LogP contribution in [0.4, 0.5) is 4.39 Å². The number of likely N-dealkylation sites (tertiary alicyclic amines) is 1. The highest BCUT2D eigenvalue weighted by atomic mass is 19.1. The van der Waals surface area contributed by atoms with Gasteiger partial charge in [0.15, 0.2) is 23.1 Å². The third-order valence-corrected chi connectivity index (χ3v) is 7.11. The van der Waals surface area contributed by atoms with Gasteiger partial charge in [0, 0.05) is 39.1 Å². The third-order valence-electron chi connectivity index (χ3n) is 7.11. The van der Waals surface area contributed by atoms with E-state index in [-0.39, 0.29) is 11.6 Å². The van der Waals surface area contributed by atoms with Crippen molar-refractivity contribution in [3.63, 3.8) is 0 Å². The van der Waals surface area contributed by atoms with Crippen LogP contribution in [-0.4, -0.2) is 60.6 Å². The zero-order valence-electron chi connectivity index (χ0n) is 22.1. The topological polar surface area (TPSA) is 58.0 Å². The number of ether oxygens (including phenoxy) is 4. The third kappa shape index (κ3) is 7.23. The Morgan fingerprint density at radius 3 is 2.62 bits per heavy atom. The molecule has 0 spiro atoms. The lowest BCUT2D eigenvalue weighted by atomic mass is 9.95. The molecule has 1 saturated heterocycles. The number of methoxy groups -OCH3 is 2. The summed E-state index contributed by atoms with van der Waals surface area (Å²) in [7, 11) is 3.39. The number of rotatable bonds is 12. The average Bonchev–Trinajstić information content (AvgIpc) is 3.21. The van der Waals surface area contributed by atoms with Crippen LogP contribution in [0.15, 0.2) is 54.9 Å². The minimum absolute atomic E-state index is 0.269. The fourth-order valence-electron chi connectivity index (χ4n) is 4.81. The van der Waals surface area contributed by atoms with Crippen LogP contribution >= 0.6 is 0 Å². The molecule has 8 heteroatoms. The molecule has 0 radical (unpaired) electrons. The van der Waals surface area contributed by atoms with Crippen LogP contribution in [0, 0.1) is 12.7 Å². The highest BCUT2D eigenvalue weighted by Crippen LogP contribution is 2.31. The van der Waals surface area contributed by atoms with Crippen LogP contribution in [0.1, 0.15) is 37.1 Å². The Hall–Kier alpha value is -3.10. The second-order valence-electron chi connectivity index (χ2n) is 9.59. The van der Waals surface area contributed by atoms with Crippen molar-refractivity contribution in [1.29, 1.82) is 0 Å². The van der Waals surface area contributed by atoms with E-state index in [2.05, 4.69) is 26.6 Å². The molecule has 0 aliphatic carbocycles. The zero-order chi connectivity index (χ0) is 26.1. The van der Waals surface area contributed by atoms with Gasteiger partial charge < -0.3 is 23.5 Å². The molecule has 0 N–H and O–H groups in total. The molecule has 4 rings (SSSR count). The molecule has 7 nitrogen and oxygen atoms in total. The Bertz CT molecular complexity index is 1140. The van der Waals surface area contributed by atoms with Gasteiger partial charge in [-0.2, -0.15) is 0 Å². The van der Waals surface area contributed by atoms with E-state index in [4.69, 9.17) is 18.9 Å². The van der Waals surface area contributed by atoms with Crippen LogP contribution in [0.25, 0.3) is 0 Å². The number of aryl methyl sites for hydroxylation is 2. The first kappa shape index (κ1) is 26.9. The quantitative estimate of drug-likeness (QED) is 0.309. The Morgan fingerprint density at radius 1 is 1.00 bits per heavy atom. The monoisotopic (exact) mass is 511 g/mol. The first-order valence-corrected chi connectivity index (χ1v) is 12.9. The van der Waals surface area contributed by atoms with Crippen molar-refractivity contribution in [3.05, 3.63) is 72.1 Å². The minimum atomic E-state index is -0.432. The maximum Gasteiger partial charge on any atom is 0.165 e. The number of aromatic nitrogens is 2. The summed E-state index contributed by atoms with van der Waals surface area (Å²) in [6.07, 6.45) is 7.33. The molecule has 37 heavy (non-hydrogen) atoms. The van der Waals surface area contributed by atoms with E-state index < -0.39 is 5.60 Å². The summed E-state index contributed by atoms with van der Waals surface area (Å²) in [4.78, 5) is 6.69. The average molecular weight is 512 g/mol. The number of para-hydroxylation sites is 1. The van der Waals surface area contributed by atoms with E-state index in [1.54, 1.807) is 32.4 Å². The van der Waals surface area contributed by atoms with Gasteiger partial charge in [-0.1, -0.05) is 18.2 Å². The van der Waals surface area contributed by atoms with E-state index in [0.29, 0.717) is 13.2 Å². The van der Waals surface area contributed by atoms with Crippen molar-refractivity contribution in [2.24, 2.45) is 0 Å². The van der Waals surface area contributed by atoms with E-state index in [0.717, 1.165) is 69.2 Å². The van der Waals surface area contributed by atoms with E-state index in [1.165, 1.54) is 11.6 Å². The van der Waals surface area contributed by atoms with Gasteiger partial charge in [-0.05, 0) is 69.0 Å². The van der Waals surface area contributed by atoms with Gasteiger partial charge in [-0.25, -0.2) is 9.37 Å². The number of halogens is 1. The van der Waals surface area contributed by atoms with Crippen LogP contribution in [0.3, 0.4) is 0 Å². The van der Waals surface area contributed by atoms with Gasteiger partial charge in [0.05, 0.1) is 13.7 Å². The fourth-order valence-corrected chi connectivity index (χ4v) is 4.81. The first-order chi connectivity index (χ1) is 18.0. The van der Waals surface area contributed by atoms with Gasteiger partial charge in [0.1, 0.15) is 18.0 Å². The molecule has 200 valence electrons. The van der Waals surface area contributed by atoms with E-state index in [1.807, 2.05) is 25.4 Å². The lowest BCUT2D eigenvalue weighted by molar-refractivity contribution is -0.0548. The normalized spacial score (nSPS) is 18.4. The Balaban J connectivity index is 1.32. The molecule has 1 fully saturated rings. The Morgan fingerprint density at radius 2 is 1.86 bits per heavy atom. The van der Waals surface area contributed by atoms with Crippen molar-refractivity contribution < 1.29 is 23.3 Å². The molecule has 2 heterocycles. The van der Waals surface area contributed by atoms with Gasteiger partial charge in [-0.3, -0.25) is 4.90 Å². The number of hydrogen-bond acceptors (Lipinski definition) is 6. The highest BCUT2D eigenvalue weighted by molar-refractivity contribution is 5.43. The minimum Gasteiger partial charge on any atom is -0.493 e. The number of nitrogens with zero attached hydrogens (tertiary/aromatic N) is 3. The molecular weight excluding hydrogens is 473 g/mol. The lowest BCUT2D eigenvalue weighted by Crippen LogP contribution is -2.39. The van der Waals surface area contributed by atoms with Crippen LogP contribution in [-0.2, 0) is 17.8 Å². The second-order valence-corrected chi connectivity index (χ2v) is 9.59. The summed E-state index contributed by atoms with van der Waals surface area (Å²) in [6.45, 7) is 6.42. The highest BCUT2D eigenvalue weighted by Gasteiger charge is 2.34. The van der Waals surface area contributed by atoms with Crippen molar-refractivity contribution in [3.8, 4) is 17.2 Å². The summed E-state index contributed by atoms with van der Waals surface area (Å²) in [6, 6.07) is 12.7. The largest absolute Gasteiger partial charge is 0.493 e. The summed E-state index contributed by atoms with van der Waals surface area (Å²) >= 11 is 0. The van der Waals surface area contributed by atoms with Crippen molar-refractivity contribution in [2.75, 3.05) is 40.5 Å². The summed E-state index contributed by atoms with van der Waals surface area (Å²) < 4.78 is 39.6. The van der Waals surface area contributed by atoms with Gasteiger partial charge in [0.25, 0.3) is 0 Å². The van der Waals surface area contributed by atoms with Crippen LogP contribution in [0.5, 0.6) is 17.2 Å². The predicted molar refractivity (Wildman–Crippen MR) is 141 cm³/mol. The molecular formula is C29H38FN3O4. The number of imidazole rings is 1. The standard InChI is InChI=1S/C29H38FN3O4/c1-23-31-14-18-33(23)16-7-19-36-28-20-24(10-11-27(28)34-2)21-32-15-6-12-29(35-3,13-17-32)22-37-26-9-5-4-8-25(26)30/h4-5,8-11,14,18,20H,6-7,12-13,15-17,19,21-22H2,1-3H3. The lowest BCUT2D eigenvalue weighted by Gasteiger charge is -2.31.